The molecule has 0 radical (unpaired) electrons. The molecule has 2 heterocycles. The second kappa shape index (κ2) is 6.99. The zero-order valence-corrected chi connectivity index (χ0v) is 15.3. The molecule has 1 N–H and O–H groups in total. The summed E-state index contributed by atoms with van der Waals surface area (Å²) in [7, 11) is 1.85. The van der Waals surface area contributed by atoms with Gasteiger partial charge in [-0.2, -0.15) is 0 Å². The monoisotopic (exact) mass is 370 g/mol. The molecule has 5 nitrogen and oxygen atoms in total. The number of anilines is 2. The predicted octanol–water partition coefficient (Wildman–Crippen LogP) is 3.78. The Kier molecular flexibility index (Phi) is 4.55. The highest BCUT2D eigenvalue weighted by Crippen LogP contribution is 2.38. The fourth-order valence-corrected chi connectivity index (χ4v) is 4.64. The van der Waals surface area contributed by atoms with Crippen LogP contribution in [0.25, 0.3) is 10.2 Å². The number of aryl methyl sites for hydroxylation is 2. The number of hydrogen-bond donors (Lipinski definition) is 1. The van der Waals surface area contributed by atoms with Gasteiger partial charge in [-0.3, -0.25) is 4.79 Å². The van der Waals surface area contributed by atoms with E-state index in [1.165, 1.54) is 35.4 Å². The van der Waals surface area contributed by atoms with Gasteiger partial charge in [-0.25, -0.2) is 14.4 Å². The van der Waals surface area contributed by atoms with E-state index in [4.69, 9.17) is 0 Å². The predicted molar refractivity (Wildman–Crippen MR) is 102 cm³/mol. The highest BCUT2D eigenvalue weighted by Gasteiger charge is 2.22. The number of likely N-dealkylation sites (N-methyl/N-ethyl adjacent to an activating group) is 1. The van der Waals surface area contributed by atoms with Crippen LogP contribution in [0.5, 0.6) is 0 Å². The molecule has 0 spiro atoms. The Morgan fingerprint density at radius 2 is 2.15 bits per heavy atom. The maximum absolute atomic E-state index is 13.3. The third kappa shape index (κ3) is 3.26. The number of nitrogens with zero attached hydrogens (tertiary/aromatic N) is 3. The topological polar surface area (TPSA) is 58.1 Å². The van der Waals surface area contributed by atoms with Crippen molar-refractivity contribution in [1.29, 1.82) is 0 Å². The molecule has 1 aliphatic carbocycles. The summed E-state index contributed by atoms with van der Waals surface area (Å²) >= 11 is 1.73. The number of rotatable bonds is 4. The van der Waals surface area contributed by atoms with Crippen molar-refractivity contribution in [2.45, 2.75) is 25.7 Å². The van der Waals surface area contributed by atoms with Crippen LogP contribution in [0.4, 0.5) is 15.9 Å². The maximum Gasteiger partial charge on any atom is 0.243 e. The Labute approximate surface area is 154 Å². The average molecular weight is 370 g/mol. The zero-order chi connectivity index (χ0) is 18.1. The normalized spacial score (nSPS) is 13.5. The summed E-state index contributed by atoms with van der Waals surface area (Å²) in [5.74, 6) is 0.191. The van der Waals surface area contributed by atoms with E-state index in [0.29, 0.717) is 5.69 Å². The largest absolute Gasteiger partial charge is 0.350 e. The standard InChI is InChI=1S/C19H19FN4OS/c1-24(10-16(25)23-13-6-4-5-12(20)9-13)18-17-14-7-2-3-8-15(14)26-19(17)22-11-21-18/h4-6,9,11H,2-3,7-8,10H2,1H3,(H,23,25). The van der Waals surface area contributed by atoms with Gasteiger partial charge < -0.3 is 10.2 Å². The first kappa shape index (κ1) is 16.9. The van der Waals surface area contributed by atoms with Crippen molar-refractivity contribution in [3.8, 4) is 0 Å². The number of aromatic nitrogens is 2. The first-order chi connectivity index (χ1) is 12.6. The summed E-state index contributed by atoms with van der Waals surface area (Å²) in [5, 5.41) is 3.80. The first-order valence-electron chi connectivity index (χ1n) is 8.63. The molecule has 1 amide bonds. The van der Waals surface area contributed by atoms with Crippen molar-refractivity contribution >= 4 is 39.0 Å². The van der Waals surface area contributed by atoms with E-state index < -0.39 is 0 Å². The molecular weight excluding hydrogens is 351 g/mol. The molecule has 3 aromatic rings. The molecule has 7 heteroatoms. The molecule has 0 unspecified atom stereocenters. The lowest BCUT2D eigenvalue weighted by Gasteiger charge is -2.20. The van der Waals surface area contributed by atoms with E-state index in [1.807, 2.05) is 11.9 Å². The van der Waals surface area contributed by atoms with Gasteiger partial charge in [0, 0.05) is 17.6 Å². The molecule has 0 saturated heterocycles. The Bertz CT molecular complexity index is 971. The lowest BCUT2D eigenvalue weighted by atomic mass is 9.97. The van der Waals surface area contributed by atoms with Gasteiger partial charge in [0.25, 0.3) is 0 Å². The minimum absolute atomic E-state index is 0.132. The minimum Gasteiger partial charge on any atom is -0.350 e. The number of fused-ring (bicyclic) bond motifs is 3. The van der Waals surface area contributed by atoms with Crippen LogP contribution in [0, 0.1) is 5.82 Å². The van der Waals surface area contributed by atoms with Crippen molar-refractivity contribution in [2.75, 3.05) is 23.8 Å². The molecule has 134 valence electrons. The van der Waals surface area contributed by atoms with E-state index >= 15 is 0 Å². The zero-order valence-electron chi connectivity index (χ0n) is 14.5. The van der Waals surface area contributed by atoms with Gasteiger partial charge in [-0.1, -0.05) is 6.07 Å². The van der Waals surface area contributed by atoms with E-state index in [9.17, 15) is 9.18 Å². The summed E-state index contributed by atoms with van der Waals surface area (Å²) in [5.41, 5.74) is 1.79. The van der Waals surface area contributed by atoms with Crippen LogP contribution in [-0.4, -0.2) is 29.5 Å². The van der Waals surface area contributed by atoms with Gasteiger partial charge >= 0.3 is 0 Å². The second-order valence-corrected chi connectivity index (χ2v) is 7.59. The van der Waals surface area contributed by atoms with Crippen LogP contribution >= 0.6 is 11.3 Å². The molecule has 0 fully saturated rings. The van der Waals surface area contributed by atoms with Gasteiger partial charge in [0.2, 0.25) is 5.91 Å². The van der Waals surface area contributed by atoms with E-state index in [-0.39, 0.29) is 18.3 Å². The summed E-state index contributed by atoms with van der Waals surface area (Å²) in [4.78, 5) is 25.4. The number of carbonyl (C=O) groups excluding carboxylic acids is 1. The molecule has 2 aromatic heterocycles. The first-order valence-corrected chi connectivity index (χ1v) is 9.45. The van der Waals surface area contributed by atoms with Gasteiger partial charge in [-0.05, 0) is 49.4 Å². The number of benzene rings is 1. The molecule has 0 aliphatic heterocycles. The SMILES string of the molecule is CN(CC(=O)Nc1cccc(F)c1)c1ncnc2sc3c(c12)CCCC3. The summed E-state index contributed by atoms with van der Waals surface area (Å²) in [6.45, 7) is 0.132. The smallest absolute Gasteiger partial charge is 0.243 e. The second-order valence-electron chi connectivity index (χ2n) is 6.50. The maximum atomic E-state index is 13.3. The third-order valence-corrected chi connectivity index (χ3v) is 5.78. The van der Waals surface area contributed by atoms with Crippen molar-refractivity contribution < 1.29 is 9.18 Å². The van der Waals surface area contributed by atoms with Crippen molar-refractivity contribution in [1.82, 2.24) is 9.97 Å². The minimum atomic E-state index is -0.376. The van der Waals surface area contributed by atoms with Crippen LogP contribution in [0.3, 0.4) is 0 Å². The Morgan fingerprint density at radius 3 is 3.00 bits per heavy atom. The molecule has 1 aliphatic rings. The van der Waals surface area contributed by atoms with Crippen molar-refractivity contribution in [2.24, 2.45) is 0 Å². The van der Waals surface area contributed by atoms with Gasteiger partial charge in [0.1, 0.15) is 22.8 Å². The quantitative estimate of drug-likeness (QED) is 0.759. The van der Waals surface area contributed by atoms with E-state index in [2.05, 4.69) is 15.3 Å². The molecule has 0 bridgehead atoms. The average Bonchev–Trinajstić information content (AvgIpc) is 3.00. The Morgan fingerprint density at radius 1 is 1.31 bits per heavy atom. The van der Waals surface area contributed by atoms with Crippen LogP contribution in [0.15, 0.2) is 30.6 Å². The number of thiophene rings is 1. The van der Waals surface area contributed by atoms with Gasteiger partial charge in [0.05, 0.1) is 11.9 Å². The number of hydrogen-bond acceptors (Lipinski definition) is 5. The Hall–Kier alpha value is -2.54. The summed E-state index contributed by atoms with van der Waals surface area (Å²) < 4.78 is 13.3. The number of carbonyl (C=O) groups is 1. The molecule has 4 rings (SSSR count). The molecule has 0 atom stereocenters. The Balaban J connectivity index is 1.57. The number of nitrogens with one attached hydrogen (secondary N) is 1. The van der Waals surface area contributed by atoms with Crippen molar-refractivity contribution in [3.63, 3.8) is 0 Å². The summed E-state index contributed by atoms with van der Waals surface area (Å²) in [6.07, 6.45) is 6.09. The lowest BCUT2D eigenvalue weighted by molar-refractivity contribution is -0.114. The van der Waals surface area contributed by atoms with E-state index in [1.54, 1.807) is 29.8 Å². The number of amides is 1. The molecule has 0 saturated carbocycles. The fraction of sp³-hybridized carbons (Fsp3) is 0.316. The highest BCUT2D eigenvalue weighted by atomic mass is 32.1. The highest BCUT2D eigenvalue weighted by molar-refractivity contribution is 7.19. The molecular formula is C19H19FN4OS. The van der Waals surface area contributed by atoms with Crippen LogP contribution in [0.1, 0.15) is 23.3 Å². The van der Waals surface area contributed by atoms with Crippen LogP contribution in [-0.2, 0) is 17.6 Å². The number of halogens is 1. The van der Waals surface area contributed by atoms with Gasteiger partial charge in [-0.15, -0.1) is 11.3 Å². The van der Waals surface area contributed by atoms with Crippen LogP contribution in [0.2, 0.25) is 0 Å². The van der Waals surface area contributed by atoms with Gasteiger partial charge in [0.15, 0.2) is 0 Å². The van der Waals surface area contributed by atoms with Crippen molar-refractivity contribution in [3.05, 3.63) is 46.9 Å². The fourth-order valence-electron chi connectivity index (χ4n) is 3.42. The lowest BCUT2D eigenvalue weighted by Crippen LogP contribution is -2.30. The summed E-state index contributed by atoms with van der Waals surface area (Å²) in [6, 6.07) is 5.88. The van der Waals surface area contributed by atoms with E-state index in [0.717, 1.165) is 28.9 Å². The molecule has 26 heavy (non-hydrogen) atoms. The third-order valence-electron chi connectivity index (χ3n) is 4.58. The van der Waals surface area contributed by atoms with Crippen LogP contribution < -0.4 is 10.2 Å². The molecule has 1 aromatic carbocycles.